The smallest absolute Gasteiger partial charge is 0.152 e. The quantitative estimate of drug-likeness (QED) is 0.183. The van der Waals surface area contributed by atoms with Gasteiger partial charge in [0.15, 0.2) is 11.5 Å². The van der Waals surface area contributed by atoms with Gasteiger partial charge in [0.2, 0.25) is 0 Å². The molecular weight excluding hydrogens is 637 g/mol. The van der Waals surface area contributed by atoms with Crippen LogP contribution < -0.4 is 9.64 Å². The lowest BCUT2D eigenvalue weighted by atomic mass is 10.0. The molecule has 0 fully saturated rings. The van der Waals surface area contributed by atoms with Crippen molar-refractivity contribution in [2.45, 2.75) is 0 Å². The number of hydrogen-bond acceptors (Lipinski definition) is 3. The summed E-state index contributed by atoms with van der Waals surface area (Å²) in [6.07, 6.45) is 0. The van der Waals surface area contributed by atoms with Crippen molar-refractivity contribution in [3.8, 4) is 39.4 Å². The topological polar surface area (TPSA) is 30.5 Å². The first-order valence-electron chi connectivity index (χ1n) is 17.6. The SMILES string of the molecule is c1ccc(-c2ccc(N(c3ccc(-c4cccc5c4-n4c6ccccc6c6cccc(c64)O5)cc3)c3cccc4oc5ccccc5c34)cc2)cc1. The Morgan fingerprint density at radius 1 is 0.423 bits per heavy atom. The van der Waals surface area contributed by atoms with Gasteiger partial charge in [0.05, 0.1) is 27.8 Å². The van der Waals surface area contributed by atoms with Crippen LogP contribution in [0, 0.1) is 0 Å². The molecule has 0 aliphatic carbocycles. The molecule has 0 bridgehead atoms. The van der Waals surface area contributed by atoms with Crippen molar-refractivity contribution in [2.75, 3.05) is 4.90 Å². The lowest BCUT2D eigenvalue weighted by Gasteiger charge is -2.27. The van der Waals surface area contributed by atoms with Gasteiger partial charge >= 0.3 is 0 Å². The fourth-order valence-electron chi connectivity index (χ4n) is 8.08. The van der Waals surface area contributed by atoms with E-state index in [0.29, 0.717) is 0 Å². The summed E-state index contributed by atoms with van der Waals surface area (Å²) in [5, 5.41) is 4.59. The van der Waals surface area contributed by atoms with Crippen LogP contribution in [-0.2, 0) is 0 Å². The summed E-state index contributed by atoms with van der Waals surface area (Å²) < 4.78 is 15.3. The number of anilines is 3. The third-order valence-electron chi connectivity index (χ3n) is 10.4. The van der Waals surface area contributed by atoms with Crippen molar-refractivity contribution < 1.29 is 9.15 Å². The molecule has 4 nitrogen and oxygen atoms in total. The van der Waals surface area contributed by atoms with E-state index in [4.69, 9.17) is 9.15 Å². The molecule has 4 heteroatoms. The van der Waals surface area contributed by atoms with E-state index in [0.717, 1.165) is 72.8 Å². The van der Waals surface area contributed by atoms with Gasteiger partial charge in [-0.1, -0.05) is 121 Å². The molecule has 1 aliphatic heterocycles. The molecule has 1 aliphatic rings. The van der Waals surface area contributed by atoms with Crippen molar-refractivity contribution in [1.82, 2.24) is 4.57 Å². The van der Waals surface area contributed by atoms with Crippen molar-refractivity contribution in [1.29, 1.82) is 0 Å². The van der Waals surface area contributed by atoms with E-state index in [1.165, 1.54) is 27.4 Å². The van der Waals surface area contributed by atoms with Crippen LogP contribution in [0.15, 0.2) is 186 Å². The number of hydrogen-bond donors (Lipinski definition) is 0. The standard InChI is InChI=1S/C48H30N2O2/c1-2-11-31(12-3-1)32-23-27-34(28-24-32)49(41-18-10-20-43-46(41)39-14-5-7-19-42(39)51-43)35-29-25-33(26-30-35)36-15-8-21-44-47(36)50-40-17-6-4-13-37(40)38-16-9-22-45(52-44)48(38)50/h1-30H. The predicted molar refractivity (Wildman–Crippen MR) is 214 cm³/mol. The van der Waals surface area contributed by atoms with E-state index in [-0.39, 0.29) is 0 Å². The van der Waals surface area contributed by atoms with Crippen molar-refractivity contribution in [3.63, 3.8) is 0 Å². The Labute approximate surface area is 300 Å². The molecule has 2 aromatic heterocycles. The molecule has 0 atom stereocenters. The van der Waals surface area contributed by atoms with Crippen LogP contribution >= 0.6 is 0 Å². The molecule has 244 valence electrons. The summed E-state index contributed by atoms with van der Waals surface area (Å²) in [5.74, 6) is 1.73. The van der Waals surface area contributed by atoms with Gasteiger partial charge in [0.1, 0.15) is 11.2 Å². The summed E-state index contributed by atoms with van der Waals surface area (Å²) in [4.78, 5) is 2.34. The van der Waals surface area contributed by atoms with E-state index in [1.54, 1.807) is 0 Å². The summed E-state index contributed by atoms with van der Waals surface area (Å²) in [7, 11) is 0. The number of fused-ring (bicyclic) bond motifs is 8. The normalized spacial score (nSPS) is 12.0. The second kappa shape index (κ2) is 11.2. The summed E-state index contributed by atoms with van der Waals surface area (Å²) >= 11 is 0. The fraction of sp³-hybridized carbons (Fsp3) is 0. The van der Waals surface area contributed by atoms with Crippen LogP contribution in [0.2, 0.25) is 0 Å². The van der Waals surface area contributed by atoms with Crippen molar-refractivity contribution >= 4 is 60.8 Å². The highest BCUT2D eigenvalue weighted by atomic mass is 16.5. The van der Waals surface area contributed by atoms with Gasteiger partial charge in [0, 0.05) is 33.1 Å². The number of nitrogens with zero attached hydrogens (tertiary/aromatic N) is 2. The second-order valence-electron chi connectivity index (χ2n) is 13.3. The minimum atomic E-state index is 0.849. The molecule has 0 saturated carbocycles. The molecule has 0 N–H and O–H groups in total. The van der Waals surface area contributed by atoms with Crippen LogP contribution in [0.4, 0.5) is 17.1 Å². The largest absolute Gasteiger partial charge is 0.456 e. The maximum absolute atomic E-state index is 6.59. The molecule has 10 aromatic rings. The molecular formula is C48H30N2O2. The van der Waals surface area contributed by atoms with Crippen molar-refractivity contribution in [2.24, 2.45) is 0 Å². The second-order valence-corrected chi connectivity index (χ2v) is 13.3. The maximum Gasteiger partial charge on any atom is 0.152 e. The minimum absolute atomic E-state index is 0.849. The monoisotopic (exact) mass is 666 g/mol. The highest BCUT2D eigenvalue weighted by molar-refractivity contribution is 6.14. The van der Waals surface area contributed by atoms with Crippen LogP contribution in [0.25, 0.3) is 71.7 Å². The Bertz CT molecular complexity index is 2970. The lowest BCUT2D eigenvalue weighted by Crippen LogP contribution is -2.10. The van der Waals surface area contributed by atoms with Gasteiger partial charge in [-0.2, -0.15) is 0 Å². The van der Waals surface area contributed by atoms with Gasteiger partial charge in [-0.25, -0.2) is 0 Å². The van der Waals surface area contributed by atoms with E-state index in [9.17, 15) is 0 Å². The molecule has 0 radical (unpaired) electrons. The molecule has 11 rings (SSSR count). The lowest BCUT2D eigenvalue weighted by molar-refractivity contribution is 0.477. The summed E-state index contributed by atoms with van der Waals surface area (Å²) in [6, 6.07) is 64.2. The Balaban J connectivity index is 1.08. The average Bonchev–Trinajstić information content (AvgIpc) is 3.76. The van der Waals surface area contributed by atoms with Gasteiger partial charge < -0.3 is 18.6 Å². The van der Waals surface area contributed by atoms with Gasteiger partial charge in [-0.15, -0.1) is 0 Å². The molecule has 3 heterocycles. The van der Waals surface area contributed by atoms with E-state index < -0.39 is 0 Å². The zero-order chi connectivity index (χ0) is 34.2. The fourth-order valence-corrected chi connectivity index (χ4v) is 8.08. The van der Waals surface area contributed by atoms with E-state index in [1.807, 2.05) is 12.1 Å². The van der Waals surface area contributed by atoms with Gasteiger partial charge in [-0.05, 0) is 77.4 Å². The molecule has 52 heavy (non-hydrogen) atoms. The number of aromatic nitrogens is 1. The Kier molecular flexibility index (Phi) is 6.22. The number of ether oxygens (including phenoxy) is 1. The Morgan fingerprint density at radius 2 is 1.04 bits per heavy atom. The minimum Gasteiger partial charge on any atom is -0.456 e. The third-order valence-corrected chi connectivity index (χ3v) is 10.4. The van der Waals surface area contributed by atoms with Crippen LogP contribution in [0.5, 0.6) is 11.5 Å². The Morgan fingerprint density at radius 3 is 1.87 bits per heavy atom. The average molecular weight is 667 g/mol. The molecule has 0 saturated heterocycles. The number of furan rings is 1. The zero-order valence-corrected chi connectivity index (χ0v) is 28.0. The molecule has 8 aromatic carbocycles. The molecule has 0 amide bonds. The summed E-state index contributed by atoms with van der Waals surface area (Å²) in [5.41, 5.74) is 12.8. The summed E-state index contributed by atoms with van der Waals surface area (Å²) in [6.45, 7) is 0. The number of rotatable bonds is 5. The first-order chi connectivity index (χ1) is 25.8. The van der Waals surface area contributed by atoms with E-state index >= 15 is 0 Å². The maximum atomic E-state index is 6.59. The predicted octanol–water partition coefficient (Wildman–Crippen LogP) is 13.6. The highest BCUT2D eigenvalue weighted by Gasteiger charge is 2.26. The third kappa shape index (κ3) is 4.28. The van der Waals surface area contributed by atoms with Crippen LogP contribution in [-0.4, -0.2) is 4.57 Å². The Hall–Kier alpha value is -7.04. The van der Waals surface area contributed by atoms with Gasteiger partial charge in [0.25, 0.3) is 0 Å². The number of benzene rings is 8. The van der Waals surface area contributed by atoms with Crippen LogP contribution in [0.1, 0.15) is 0 Å². The first-order valence-corrected chi connectivity index (χ1v) is 17.6. The van der Waals surface area contributed by atoms with Crippen molar-refractivity contribution in [3.05, 3.63) is 182 Å². The highest BCUT2D eigenvalue weighted by Crippen LogP contribution is 2.49. The molecule has 0 unspecified atom stereocenters. The number of para-hydroxylation sites is 4. The van der Waals surface area contributed by atoms with Crippen LogP contribution in [0.3, 0.4) is 0 Å². The zero-order valence-electron chi connectivity index (χ0n) is 28.0. The first kappa shape index (κ1) is 28.8. The molecule has 0 spiro atoms. The van der Waals surface area contributed by atoms with Gasteiger partial charge in [-0.3, -0.25) is 0 Å². The van der Waals surface area contributed by atoms with E-state index in [2.05, 4.69) is 179 Å².